The Morgan fingerprint density at radius 3 is 2.06 bits per heavy atom. The van der Waals surface area contributed by atoms with Crippen LogP contribution in [-0.2, 0) is 19.6 Å². The molecule has 2 fully saturated rings. The predicted octanol–water partition coefficient (Wildman–Crippen LogP) is 0.742. The summed E-state index contributed by atoms with van der Waals surface area (Å²) in [6.07, 6.45) is 2.70. The van der Waals surface area contributed by atoms with E-state index in [2.05, 4.69) is 15.1 Å². The minimum Gasteiger partial charge on any atom is -0.339 e. The summed E-state index contributed by atoms with van der Waals surface area (Å²) in [6, 6.07) is 5.95. The minimum absolute atomic E-state index is 0.00417. The quantitative estimate of drug-likeness (QED) is 0.620. The van der Waals surface area contributed by atoms with Crippen LogP contribution in [0.15, 0.2) is 18.2 Å². The Morgan fingerprint density at radius 2 is 1.52 bits per heavy atom. The first kappa shape index (κ1) is 25.6. The van der Waals surface area contributed by atoms with E-state index in [1.165, 1.54) is 10.6 Å². The molecule has 0 radical (unpaired) electrons. The lowest BCUT2D eigenvalue weighted by atomic mass is 10.1. The predicted molar refractivity (Wildman–Crippen MR) is 130 cm³/mol. The number of amides is 2. The number of para-hydroxylation sites is 1. The molecule has 0 bridgehead atoms. The Morgan fingerprint density at radius 1 is 0.970 bits per heavy atom. The molecule has 1 aromatic rings. The van der Waals surface area contributed by atoms with Gasteiger partial charge in [-0.3, -0.25) is 19.4 Å². The molecule has 2 aliphatic rings. The Kier molecular flexibility index (Phi) is 8.49. The van der Waals surface area contributed by atoms with Gasteiger partial charge in [-0.25, -0.2) is 12.7 Å². The molecule has 0 unspecified atom stereocenters. The summed E-state index contributed by atoms with van der Waals surface area (Å²) in [7, 11) is -1.56. The second kappa shape index (κ2) is 10.9. The van der Waals surface area contributed by atoms with Gasteiger partial charge in [0.2, 0.25) is 21.8 Å². The fourth-order valence-corrected chi connectivity index (χ4v) is 5.30. The number of likely N-dealkylation sites (tertiary alicyclic amines) is 1. The maximum Gasteiger partial charge on any atom is 0.238 e. The van der Waals surface area contributed by atoms with E-state index < -0.39 is 10.0 Å². The average Bonchev–Trinajstić information content (AvgIpc) is 2.76. The number of nitrogens with zero attached hydrogens (tertiary/aromatic N) is 4. The first-order chi connectivity index (χ1) is 15.5. The van der Waals surface area contributed by atoms with Gasteiger partial charge in [-0.2, -0.15) is 0 Å². The zero-order valence-corrected chi connectivity index (χ0v) is 21.0. The number of benzene rings is 1. The largest absolute Gasteiger partial charge is 0.339 e. The van der Waals surface area contributed by atoms with Crippen molar-refractivity contribution >= 4 is 27.5 Å². The standard InChI is InChI=1S/C23H37N5O4S/c1-18-6-5-7-19(2)23(18)24-21(29)16-27-12-14-28(15-13-27)22(30)17-26-10-8-20(9-11-26)25(3)33(4,31)32/h5-7,20H,8-17H2,1-4H3,(H,24,29). The van der Waals surface area contributed by atoms with Crippen molar-refractivity contribution in [1.29, 1.82) is 0 Å². The molecule has 2 amide bonds. The number of hydrogen-bond donors (Lipinski definition) is 1. The summed E-state index contributed by atoms with van der Waals surface area (Å²) in [5.41, 5.74) is 2.97. The van der Waals surface area contributed by atoms with Gasteiger partial charge < -0.3 is 10.2 Å². The van der Waals surface area contributed by atoms with E-state index in [0.29, 0.717) is 52.4 Å². The van der Waals surface area contributed by atoms with Crippen molar-refractivity contribution in [1.82, 2.24) is 19.0 Å². The zero-order chi connectivity index (χ0) is 24.2. The van der Waals surface area contributed by atoms with Crippen molar-refractivity contribution in [2.45, 2.75) is 32.7 Å². The van der Waals surface area contributed by atoms with Crippen molar-refractivity contribution < 1.29 is 18.0 Å². The fourth-order valence-electron chi connectivity index (χ4n) is 4.55. The summed E-state index contributed by atoms with van der Waals surface area (Å²) < 4.78 is 24.9. The van der Waals surface area contributed by atoms with Crippen molar-refractivity contribution in [3.05, 3.63) is 29.3 Å². The first-order valence-electron chi connectivity index (χ1n) is 11.6. The fraction of sp³-hybridized carbons (Fsp3) is 0.652. The molecule has 0 atom stereocenters. The number of carbonyl (C=O) groups excluding carboxylic acids is 2. The summed E-state index contributed by atoms with van der Waals surface area (Å²) in [6.45, 7) is 8.66. The number of piperazine rings is 1. The molecule has 33 heavy (non-hydrogen) atoms. The van der Waals surface area contributed by atoms with Crippen molar-refractivity contribution in [3.63, 3.8) is 0 Å². The number of sulfonamides is 1. The van der Waals surface area contributed by atoms with Crippen molar-refractivity contribution in [2.24, 2.45) is 0 Å². The maximum absolute atomic E-state index is 12.8. The number of carbonyl (C=O) groups is 2. The van der Waals surface area contributed by atoms with Crippen LogP contribution in [0.4, 0.5) is 5.69 Å². The lowest BCUT2D eigenvalue weighted by Crippen LogP contribution is -2.53. The Balaban J connectivity index is 1.39. The van der Waals surface area contributed by atoms with Crippen LogP contribution in [0, 0.1) is 13.8 Å². The van der Waals surface area contributed by atoms with Gasteiger partial charge in [0.25, 0.3) is 0 Å². The molecule has 2 saturated heterocycles. The molecule has 0 aromatic heterocycles. The highest BCUT2D eigenvalue weighted by atomic mass is 32.2. The molecule has 0 aliphatic carbocycles. The van der Waals surface area contributed by atoms with Gasteiger partial charge in [-0.15, -0.1) is 0 Å². The summed E-state index contributed by atoms with van der Waals surface area (Å²) in [5, 5.41) is 3.03. The van der Waals surface area contributed by atoms with Crippen LogP contribution in [0.25, 0.3) is 0 Å². The van der Waals surface area contributed by atoms with Crippen LogP contribution >= 0.6 is 0 Å². The van der Waals surface area contributed by atoms with Crippen LogP contribution in [-0.4, -0.2) is 111 Å². The van der Waals surface area contributed by atoms with E-state index in [9.17, 15) is 18.0 Å². The topological polar surface area (TPSA) is 93.3 Å². The number of anilines is 1. The highest BCUT2D eigenvalue weighted by molar-refractivity contribution is 7.88. The monoisotopic (exact) mass is 479 g/mol. The van der Waals surface area contributed by atoms with Crippen LogP contribution < -0.4 is 5.32 Å². The Labute approximate surface area is 197 Å². The van der Waals surface area contributed by atoms with E-state index in [0.717, 1.165) is 29.7 Å². The highest BCUT2D eigenvalue weighted by Crippen LogP contribution is 2.20. The second-order valence-corrected chi connectivity index (χ2v) is 11.3. The molecule has 0 spiro atoms. The van der Waals surface area contributed by atoms with Crippen molar-refractivity contribution in [3.8, 4) is 0 Å². The van der Waals surface area contributed by atoms with Crippen LogP contribution in [0.5, 0.6) is 0 Å². The lowest BCUT2D eigenvalue weighted by Gasteiger charge is -2.38. The summed E-state index contributed by atoms with van der Waals surface area (Å²) in [4.78, 5) is 31.3. The molecule has 10 heteroatoms. The van der Waals surface area contributed by atoms with E-state index >= 15 is 0 Å². The molecular formula is C23H37N5O4S. The summed E-state index contributed by atoms with van der Waals surface area (Å²) in [5.74, 6) is 0.0682. The molecule has 1 N–H and O–H groups in total. The van der Waals surface area contributed by atoms with Crippen LogP contribution in [0.2, 0.25) is 0 Å². The van der Waals surface area contributed by atoms with Gasteiger partial charge in [0.05, 0.1) is 19.3 Å². The number of rotatable bonds is 7. The SMILES string of the molecule is Cc1cccc(C)c1NC(=O)CN1CCN(C(=O)CN2CCC(N(C)S(C)(=O)=O)CC2)CC1. The number of aryl methyl sites for hydroxylation is 2. The second-order valence-electron chi connectivity index (χ2n) is 9.26. The van der Waals surface area contributed by atoms with Gasteiger partial charge in [0.15, 0.2) is 0 Å². The molecule has 2 heterocycles. The first-order valence-corrected chi connectivity index (χ1v) is 13.4. The van der Waals surface area contributed by atoms with E-state index in [4.69, 9.17) is 0 Å². The third-order valence-electron chi connectivity index (χ3n) is 6.79. The van der Waals surface area contributed by atoms with Gasteiger partial charge in [-0.05, 0) is 37.8 Å². The van der Waals surface area contributed by atoms with Crippen LogP contribution in [0.3, 0.4) is 0 Å². The minimum atomic E-state index is -3.19. The van der Waals surface area contributed by atoms with E-state index in [-0.39, 0.29) is 17.9 Å². The molecule has 0 saturated carbocycles. The average molecular weight is 480 g/mol. The number of hydrogen-bond acceptors (Lipinski definition) is 6. The molecule has 2 aliphatic heterocycles. The van der Waals surface area contributed by atoms with Gasteiger partial charge in [-0.1, -0.05) is 18.2 Å². The van der Waals surface area contributed by atoms with Gasteiger partial charge in [0.1, 0.15) is 0 Å². The molecule has 184 valence electrons. The Bertz CT molecular complexity index is 931. The van der Waals surface area contributed by atoms with Gasteiger partial charge >= 0.3 is 0 Å². The number of piperidine rings is 1. The third-order valence-corrected chi connectivity index (χ3v) is 8.14. The molecule has 1 aromatic carbocycles. The molecule has 3 rings (SSSR count). The number of nitrogens with one attached hydrogen (secondary N) is 1. The highest BCUT2D eigenvalue weighted by Gasteiger charge is 2.29. The van der Waals surface area contributed by atoms with Gasteiger partial charge in [0, 0.05) is 58.0 Å². The summed E-state index contributed by atoms with van der Waals surface area (Å²) >= 11 is 0. The lowest BCUT2D eigenvalue weighted by molar-refractivity contribution is -0.134. The molecular weight excluding hydrogens is 442 g/mol. The normalized spacial score (nSPS) is 19.1. The Hall–Kier alpha value is -2.01. The van der Waals surface area contributed by atoms with E-state index in [1.807, 2.05) is 36.9 Å². The smallest absolute Gasteiger partial charge is 0.238 e. The van der Waals surface area contributed by atoms with Crippen molar-refractivity contribution in [2.75, 3.05) is 71.0 Å². The zero-order valence-electron chi connectivity index (χ0n) is 20.2. The third kappa shape index (κ3) is 6.99. The maximum atomic E-state index is 12.8. The molecule has 9 nitrogen and oxygen atoms in total. The van der Waals surface area contributed by atoms with E-state index in [1.54, 1.807) is 7.05 Å². The van der Waals surface area contributed by atoms with Crippen LogP contribution in [0.1, 0.15) is 24.0 Å².